The first-order valence-electron chi connectivity index (χ1n) is 6.21. The number of pyridine rings is 1. The number of hydrogen-bond acceptors (Lipinski definition) is 3. The summed E-state index contributed by atoms with van der Waals surface area (Å²) in [6.45, 7) is 2.22. The van der Waals surface area contributed by atoms with Gasteiger partial charge >= 0.3 is 0 Å². The molecule has 1 heterocycles. The number of anilines is 1. The van der Waals surface area contributed by atoms with Gasteiger partial charge in [0.2, 0.25) is 0 Å². The van der Waals surface area contributed by atoms with Gasteiger partial charge in [0.15, 0.2) is 0 Å². The standard InChI is InChI=1S/C16H15N3O/c1-12-11-18-10-8-15(12)19-16(20)14-6-4-13(5-7-14)3-2-9-17/h4-8,10-11H,9,17H2,1H3,(H,18,19,20). The van der Waals surface area contributed by atoms with Crippen LogP contribution < -0.4 is 11.1 Å². The number of carbonyl (C=O) groups excluding carboxylic acids is 1. The summed E-state index contributed by atoms with van der Waals surface area (Å²) in [5.41, 5.74) is 8.42. The van der Waals surface area contributed by atoms with E-state index in [4.69, 9.17) is 5.73 Å². The van der Waals surface area contributed by atoms with Crippen molar-refractivity contribution in [2.24, 2.45) is 5.73 Å². The molecule has 0 saturated heterocycles. The zero-order valence-electron chi connectivity index (χ0n) is 11.2. The SMILES string of the molecule is Cc1cnccc1NC(=O)c1ccc(C#CCN)cc1. The third-order valence-corrected chi connectivity index (χ3v) is 2.75. The molecule has 4 heteroatoms. The van der Waals surface area contributed by atoms with Crippen LogP contribution in [-0.2, 0) is 0 Å². The first kappa shape index (κ1) is 13.8. The minimum atomic E-state index is -0.155. The van der Waals surface area contributed by atoms with Gasteiger partial charge in [-0.1, -0.05) is 11.8 Å². The number of nitrogens with zero attached hydrogens (tertiary/aromatic N) is 1. The molecule has 0 atom stereocenters. The van der Waals surface area contributed by atoms with Gasteiger partial charge in [0.25, 0.3) is 5.91 Å². The molecule has 0 aliphatic rings. The Balaban J connectivity index is 2.12. The molecule has 4 nitrogen and oxygen atoms in total. The van der Waals surface area contributed by atoms with Crippen LogP contribution in [0.25, 0.3) is 0 Å². The topological polar surface area (TPSA) is 68.0 Å². The average Bonchev–Trinajstić information content (AvgIpc) is 2.48. The fourth-order valence-electron chi connectivity index (χ4n) is 1.67. The van der Waals surface area contributed by atoms with Crippen molar-refractivity contribution < 1.29 is 4.79 Å². The number of nitrogens with two attached hydrogens (primary N) is 1. The molecule has 0 bridgehead atoms. The molecule has 1 aromatic heterocycles. The highest BCUT2D eigenvalue weighted by Crippen LogP contribution is 2.13. The number of rotatable bonds is 2. The molecule has 20 heavy (non-hydrogen) atoms. The van der Waals surface area contributed by atoms with Crippen LogP contribution in [0.5, 0.6) is 0 Å². The van der Waals surface area contributed by atoms with E-state index in [1.54, 1.807) is 42.7 Å². The summed E-state index contributed by atoms with van der Waals surface area (Å²) in [4.78, 5) is 16.1. The maximum Gasteiger partial charge on any atom is 0.255 e. The molecule has 0 fully saturated rings. The van der Waals surface area contributed by atoms with Crippen molar-refractivity contribution in [3.8, 4) is 11.8 Å². The van der Waals surface area contributed by atoms with E-state index in [0.717, 1.165) is 16.8 Å². The van der Waals surface area contributed by atoms with Crippen LogP contribution >= 0.6 is 0 Å². The molecule has 0 spiro atoms. The van der Waals surface area contributed by atoms with Gasteiger partial charge in [-0.15, -0.1) is 0 Å². The molecule has 1 amide bonds. The summed E-state index contributed by atoms with van der Waals surface area (Å²) in [7, 11) is 0. The molecule has 1 aromatic carbocycles. The van der Waals surface area contributed by atoms with Crippen molar-refractivity contribution in [3.63, 3.8) is 0 Å². The Morgan fingerprint density at radius 3 is 2.70 bits per heavy atom. The first-order valence-corrected chi connectivity index (χ1v) is 6.21. The van der Waals surface area contributed by atoms with Crippen molar-refractivity contribution in [3.05, 3.63) is 59.4 Å². The van der Waals surface area contributed by atoms with Crippen LogP contribution in [0, 0.1) is 18.8 Å². The predicted octanol–water partition coefficient (Wildman–Crippen LogP) is 1.95. The average molecular weight is 265 g/mol. The molecular formula is C16H15N3O. The second kappa shape index (κ2) is 6.50. The van der Waals surface area contributed by atoms with Crippen LogP contribution in [0.1, 0.15) is 21.5 Å². The molecule has 2 aromatic rings. The lowest BCUT2D eigenvalue weighted by atomic mass is 10.1. The number of aromatic nitrogens is 1. The number of carbonyl (C=O) groups is 1. The number of benzene rings is 1. The summed E-state index contributed by atoms with van der Waals surface area (Å²) in [6, 6.07) is 8.86. The fraction of sp³-hybridized carbons (Fsp3) is 0.125. The maximum absolute atomic E-state index is 12.1. The van der Waals surface area contributed by atoms with E-state index in [2.05, 4.69) is 22.1 Å². The summed E-state index contributed by atoms with van der Waals surface area (Å²) >= 11 is 0. The minimum Gasteiger partial charge on any atom is -0.322 e. The monoisotopic (exact) mass is 265 g/mol. The zero-order chi connectivity index (χ0) is 14.4. The van der Waals surface area contributed by atoms with E-state index < -0.39 is 0 Å². The summed E-state index contributed by atoms with van der Waals surface area (Å²) in [6.07, 6.45) is 3.36. The van der Waals surface area contributed by atoms with E-state index in [0.29, 0.717) is 12.1 Å². The molecule has 2 rings (SSSR count). The summed E-state index contributed by atoms with van der Waals surface area (Å²) < 4.78 is 0. The van der Waals surface area contributed by atoms with E-state index in [9.17, 15) is 4.79 Å². The predicted molar refractivity (Wildman–Crippen MR) is 79.3 cm³/mol. The van der Waals surface area contributed by atoms with Crippen LogP contribution in [0.15, 0.2) is 42.7 Å². The molecule has 0 unspecified atom stereocenters. The quantitative estimate of drug-likeness (QED) is 0.815. The van der Waals surface area contributed by atoms with Crippen LogP contribution in [0.2, 0.25) is 0 Å². The van der Waals surface area contributed by atoms with Crippen molar-refractivity contribution in [1.29, 1.82) is 0 Å². The van der Waals surface area contributed by atoms with Crippen molar-refractivity contribution in [1.82, 2.24) is 4.98 Å². The van der Waals surface area contributed by atoms with Gasteiger partial charge in [0.05, 0.1) is 6.54 Å². The second-order valence-electron chi connectivity index (χ2n) is 4.23. The van der Waals surface area contributed by atoms with E-state index in [-0.39, 0.29) is 5.91 Å². The number of amides is 1. The molecule has 0 radical (unpaired) electrons. The minimum absolute atomic E-state index is 0.155. The van der Waals surface area contributed by atoms with Gasteiger partial charge in [-0.05, 0) is 42.8 Å². The van der Waals surface area contributed by atoms with E-state index >= 15 is 0 Å². The van der Waals surface area contributed by atoms with Gasteiger partial charge in [-0.3, -0.25) is 9.78 Å². The Hall–Kier alpha value is -2.64. The molecule has 0 aliphatic heterocycles. The van der Waals surface area contributed by atoms with Gasteiger partial charge in [-0.2, -0.15) is 0 Å². The van der Waals surface area contributed by atoms with Gasteiger partial charge < -0.3 is 11.1 Å². The normalized spacial score (nSPS) is 9.50. The lowest BCUT2D eigenvalue weighted by molar-refractivity contribution is 0.102. The summed E-state index contributed by atoms with van der Waals surface area (Å²) in [5, 5.41) is 2.85. The van der Waals surface area contributed by atoms with E-state index in [1.807, 2.05) is 6.92 Å². The molecule has 3 N–H and O–H groups in total. The number of aryl methyl sites for hydroxylation is 1. The highest BCUT2D eigenvalue weighted by Gasteiger charge is 2.07. The van der Waals surface area contributed by atoms with Crippen LogP contribution in [0.3, 0.4) is 0 Å². The highest BCUT2D eigenvalue weighted by molar-refractivity contribution is 6.04. The van der Waals surface area contributed by atoms with Gasteiger partial charge in [0, 0.05) is 29.2 Å². The van der Waals surface area contributed by atoms with Crippen molar-refractivity contribution in [2.75, 3.05) is 11.9 Å². The maximum atomic E-state index is 12.1. The van der Waals surface area contributed by atoms with Gasteiger partial charge in [0.1, 0.15) is 0 Å². The molecular weight excluding hydrogens is 250 g/mol. The van der Waals surface area contributed by atoms with Crippen molar-refractivity contribution >= 4 is 11.6 Å². The molecule has 0 saturated carbocycles. The lowest BCUT2D eigenvalue weighted by Gasteiger charge is -2.07. The smallest absolute Gasteiger partial charge is 0.255 e. The van der Waals surface area contributed by atoms with Crippen LogP contribution in [-0.4, -0.2) is 17.4 Å². The largest absolute Gasteiger partial charge is 0.322 e. The number of nitrogens with one attached hydrogen (secondary N) is 1. The lowest BCUT2D eigenvalue weighted by Crippen LogP contribution is -2.12. The zero-order valence-corrected chi connectivity index (χ0v) is 11.2. The summed E-state index contributed by atoms with van der Waals surface area (Å²) in [5.74, 6) is 5.53. The Morgan fingerprint density at radius 2 is 2.05 bits per heavy atom. The van der Waals surface area contributed by atoms with E-state index in [1.165, 1.54) is 0 Å². The first-order chi connectivity index (χ1) is 9.70. The third kappa shape index (κ3) is 3.44. The second-order valence-corrected chi connectivity index (χ2v) is 4.23. The Morgan fingerprint density at radius 1 is 1.30 bits per heavy atom. The fourth-order valence-corrected chi connectivity index (χ4v) is 1.67. The Kier molecular flexibility index (Phi) is 4.48. The Labute approximate surface area is 118 Å². The van der Waals surface area contributed by atoms with Gasteiger partial charge in [-0.25, -0.2) is 0 Å². The Bertz CT molecular complexity index is 666. The van der Waals surface area contributed by atoms with Crippen molar-refractivity contribution in [2.45, 2.75) is 6.92 Å². The molecule has 100 valence electrons. The molecule has 0 aliphatic carbocycles. The van der Waals surface area contributed by atoms with Crippen LogP contribution in [0.4, 0.5) is 5.69 Å². The highest BCUT2D eigenvalue weighted by atomic mass is 16.1. The number of hydrogen-bond donors (Lipinski definition) is 2. The third-order valence-electron chi connectivity index (χ3n) is 2.75.